The van der Waals surface area contributed by atoms with Crippen LogP contribution in [-0.4, -0.2) is 0 Å². The van der Waals surface area contributed by atoms with Crippen molar-refractivity contribution in [3.63, 3.8) is 0 Å². The SMILES string of the molecule is C1=CC2=C(c3cc4ccccc4c4ccccc34)C=CC3=CC=C4C(c5ccc6c(c5)oc5ccccc56)=CC=C1C4C32. The first-order chi connectivity index (χ1) is 21.3. The van der Waals surface area contributed by atoms with Gasteiger partial charge in [0, 0.05) is 22.6 Å². The lowest BCUT2D eigenvalue weighted by Crippen LogP contribution is -2.30. The van der Waals surface area contributed by atoms with Gasteiger partial charge in [0.1, 0.15) is 11.2 Å². The molecule has 2 unspecified atom stereocenters. The average Bonchev–Trinajstić information content (AvgIpc) is 3.44. The lowest BCUT2D eigenvalue weighted by molar-refractivity contribution is 0.569. The minimum absolute atomic E-state index is 0.290. The van der Waals surface area contributed by atoms with Crippen LogP contribution in [0.15, 0.2) is 172 Å². The third kappa shape index (κ3) is 3.22. The summed E-state index contributed by atoms with van der Waals surface area (Å²) in [6.07, 6.45) is 18.8. The van der Waals surface area contributed by atoms with Crippen LogP contribution in [0.5, 0.6) is 0 Å². The Morgan fingerprint density at radius 3 is 2.14 bits per heavy atom. The fourth-order valence-corrected chi connectivity index (χ4v) is 7.95. The summed E-state index contributed by atoms with van der Waals surface area (Å²) >= 11 is 0. The van der Waals surface area contributed by atoms with Crippen LogP contribution in [0.1, 0.15) is 11.1 Å². The summed E-state index contributed by atoms with van der Waals surface area (Å²) in [5, 5.41) is 7.55. The lowest BCUT2D eigenvalue weighted by atomic mass is 9.61. The molecule has 0 fully saturated rings. The van der Waals surface area contributed by atoms with Crippen LogP contribution in [0.4, 0.5) is 0 Å². The Morgan fingerprint density at radius 1 is 0.488 bits per heavy atom. The first-order valence-corrected chi connectivity index (χ1v) is 15.1. The molecule has 43 heavy (non-hydrogen) atoms. The van der Waals surface area contributed by atoms with Crippen molar-refractivity contribution in [1.82, 2.24) is 0 Å². The van der Waals surface area contributed by atoms with Crippen LogP contribution >= 0.6 is 0 Å². The third-order valence-corrected chi connectivity index (χ3v) is 9.89. The van der Waals surface area contributed by atoms with E-state index in [1.54, 1.807) is 0 Å². The molecule has 200 valence electrons. The molecule has 10 rings (SSSR count). The van der Waals surface area contributed by atoms with E-state index in [4.69, 9.17) is 4.42 Å². The Morgan fingerprint density at radius 2 is 1.21 bits per heavy atom. The molecule has 6 aromatic rings. The number of para-hydroxylation sites is 1. The molecule has 0 spiro atoms. The Balaban J connectivity index is 1.14. The topological polar surface area (TPSA) is 13.1 Å². The van der Waals surface area contributed by atoms with Crippen molar-refractivity contribution < 1.29 is 4.42 Å². The predicted octanol–water partition coefficient (Wildman–Crippen LogP) is 10.9. The highest BCUT2D eigenvalue weighted by atomic mass is 16.3. The second-order valence-electron chi connectivity index (χ2n) is 12.0. The number of benzene rings is 5. The predicted molar refractivity (Wildman–Crippen MR) is 180 cm³/mol. The van der Waals surface area contributed by atoms with Crippen molar-refractivity contribution in [2.45, 2.75) is 0 Å². The molecule has 1 aromatic heterocycles. The third-order valence-electron chi connectivity index (χ3n) is 9.89. The molecular weight excluding hydrogens is 520 g/mol. The highest BCUT2D eigenvalue weighted by Gasteiger charge is 2.40. The van der Waals surface area contributed by atoms with Gasteiger partial charge >= 0.3 is 0 Å². The van der Waals surface area contributed by atoms with Crippen molar-refractivity contribution in [1.29, 1.82) is 0 Å². The van der Waals surface area contributed by atoms with Crippen molar-refractivity contribution >= 4 is 54.6 Å². The zero-order valence-electron chi connectivity index (χ0n) is 23.4. The molecule has 0 aliphatic heterocycles. The van der Waals surface area contributed by atoms with Crippen LogP contribution in [0.25, 0.3) is 54.6 Å². The average molecular weight is 547 g/mol. The van der Waals surface area contributed by atoms with Crippen molar-refractivity contribution in [3.05, 3.63) is 179 Å². The minimum atomic E-state index is 0.290. The van der Waals surface area contributed by atoms with E-state index in [2.05, 4.69) is 140 Å². The number of rotatable bonds is 2. The van der Waals surface area contributed by atoms with E-state index >= 15 is 0 Å². The van der Waals surface area contributed by atoms with Gasteiger partial charge in [0.05, 0.1) is 0 Å². The van der Waals surface area contributed by atoms with E-state index in [0.717, 1.165) is 11.2 Å². The molecule has 1 heteroatoms. The summed E-state index contributed by atoms with van der Waals surface area (Å²) in [7, 11) is 0. The standard InChI is InChI=1S/C42H26O/c1-2-8-29-27(7-1)23-38(32-10-4-3-9-31(29)32)33-19-14-26-15-21-36-30(18-13-25-16-22-37(33)42(26)41(25)36)28-17-20-35-34-11-5-6-12-39(34)43-40(35)24-28/h1-24,41-42H. The van der Waals surface area contributed by atoms with E-state index in [9.17, 15) is 0 Å². The smallest absolute Gasteiger partial charge is 0.136 e. The summed E-state index contributed by atoms with van der Waals surface area (Å²) in [6, 6.07) is 35.0. The largest absolute Gasteiger partial charge is 0.456 e. The summed E-state index contributed by atoms with van der Waals surface area (Å²) in [5.74, 6) is 0.582. The molecule has 1 nitrogen and oxygen atoms in total. The maximum atomic E-state index is 6.28. The number of hydrogen-bond donors (Lipinski definition) is 0. The number of fused-ring (bicyclic) bond motifs is 6. The number of allylic oxidation sites excluding steroid dienone is 14. The van der Waals surface area contributed by atoms with Gasteiger partial charge in [-0.25, -0.2) is 0 Å². The molecule has 5 aromatic carbocycles. The highest BCUT2D eigenvalue weighted by Crippen LogP contribution is 2.54. The molecule has 0 saturated carbocycles. The monoisotopic (exact) mass is 546 g/mol. The van der Waals surface area contributed by atoms with Gasteiger partial charge in [-0.3, -0.25) is 0 Å². The van der Waals surface area contributed by atoms with Gasteiger partial charge in [0.2, 0.25) is 0 Å². The zero-order valence-corrected chi connectivity index (χ0v) is 23.4. The fourth-order valence-electron chi connectivity index (χ4n) is 7.95. The Hall–Kier alpha value is -5.40. The Labute approximate surface area is 249 Å². The molecule has 0 saturated heterocycles. The van der Waals surface area contributed by atoms with Gasteiger partial charge in [0.25, 0.3) is 0 Å². The summed E-state index contributed by atoms with van der Waals surface area (Å²) in [6.45, 7) is 0. The second-order valence-corrected chi connectivity index (χ2v) is 12.0. The van der Waals surface area contributed by atoms with Gasteiger partial charge in [-0.1, -0.05) is 121 Å². The van der Waals surface area contributed by atoms with Gasteiger partial charge in [-0.15, -0.1) is 0 Å². The van der Waals surface area contributed by atoms with Gasteiger partial charge in [0.15, 0.2) is 0 Å². The van der Waals surface area contributed by atoms with Crippen LogP contribution in [0, 0.1) is 11.8 Å². The molecule has 0 N–H and O–H groups in total. The lowest BCUT2D eigenvalue weighted by Gasteiger charge is -2.42. The van der Waals surface area contributed by atoms with Crippen LogP contribution in [0.2, 0.25) is 0 Å². The molecule has 0 amide bonds. The molecule has 2 atom stereocenters. The molecular formula is C42H26O. The van der Waals surface area contributed by atoms with E-state index in [-0.39, 0.29) is 5.92 Å². The zero-order chi connectivity index (χ0) is 28.1. The minimum Gasteiger partial charge on any atom is -0.456 e. The van der Waals surface area contributed by atoms with Crippen LogP contribution in [-0.2, 0) is 0 Å². The number of furan rings is 1. The van der Waals surface area contributed by atoms with E-state index < -0.39 is 0 Å². The highest BCUT2D eigenvalue weighted by molar-refractivity contribution is 6.13. The first kappa shape index (κ1) is 23.2. The van der Waals surface area contributed by atoms with Crippen LogP contribution < -0.4 is 0 Å². The summed E-state index contributed by atoms with van der Waals surface area (Å²) in [5.41, 5.74) is 12.6. The Bertz CT molecular complexity index is 2450. The van der Waals surface area contributed by atoms with Crippen molar-refractivity contribution in [2.24, 2.45) is 11.8 Å². The molecule has 0 bridgehead atoms. The first-order valence-electron chi connectivity index (χ1n) is 15.1. The Kier molecular flexibility index (Phi) is 4.62. The van der Waals surface area contributed by atoms with E-state index in [0.29, 0.717) is 5.92 Å². The quantitative estimate of drug-likeness (QED) is 0.197. The fraction of sp³-hybridized carbons (Fsp3) is 0.0476. The van der Waals surface area contributed by atoms with Gasteiger partial charge < -0.3 is 4.42 Å². The summed E-state index contributed by atoms with van der Waals surface area (Å²) < 4.78 is 6.28. The van der Waals surface area contributed by atoms with Gasteiger partial charge in [-0.2, -0.15) is 0 Å². The summed E-state index contributed by atoms with van der Waals surface area (Å²) in [4.78, 5) is 0. The maximum Gasteiger partial charge on any atom is 0.136 e. The second kappa shape index (κ2) is 8.56. The van der Waals surface area contributed by atoms with E-state index in [1.165, 1.54) is 76.9 Å². The van der Waals surface area contributed by atoms with Crippen molar-refractivity contribution in [3.8, 4) is 0 Å². The van der Waals surface area contributed by atoms with E-state index in [1.807, 2.05) is 6.07 Å². The van der Waals surface area contributed by atoms with Crippen LogP contribution in [0.3, 0.4) is 0 Å². The maximum absolute atomic E-state index is 6.28. The molecule has 1 heterocycles. The number of hydrogen-bond acceptors (Lipinski definition) is 1. The molecule has 0 radical (unpaired) electrons. The normalized spacial score (nSPS) is 20.4. The molecule has 4 aliphatic carbocycles. The molecule has 4 aliphatic rings. The van der Waals surface area contributed by atoms with Gasteiger partial charge in [-0.05, 0) is 90.4 Å². The van der Waals surface area contributed by atoms with Crippen molar-refractivity contribution in [2.75, 3.05) is 0 Å².